The summed E-state index contributed by atoms with van der Waals surface area (Å²) in [6, 6.07) is 0. The zero-order valence-corrected chi connectivity index (χ0v) is 9.69. The van der Waals surface area contributed by atoms with Gasteiger partial charge in [0.1, 0.15) is 0 Å². The van der Waals surface area contributed by atoms with E-state index in [0.29, 0.717) is 0 Å². The molecule has 0 heterocycles. The van der Waals surface area contributed by atoms with Crippen molar-refractivity contribution in [2.24, 2.45) is 5.92 Å². The van der Waals surface area contributed by atoms with Gasteiger partial charge in [0, 0.05) is 5.33 Å². The summed E-state index contributed by atoms with van der Waals surface area (Å²) in [6.07, 6.45) is 5.56. The van der Waals surface area contributed by atoms with Crippen LogP contribution in [0.4, 0.5) is 0 Å². The predicted octanol–water partition coefficient (Wildman–Crippen LogP) is 3.37. The minimum Gasteiger partial charge on any atom is -0.374 e. The van der Waals surface area contributed by atoms with Crippen LogP contribution in [0, 0.1) is 5.92 Å². The van der Waals surface area contributed by atoms with Crippen molar-refractivity contribution >= 4 is 15.9 Å². The lowest BCUT2D eigenvalue weighted by Gasteiger charge is -2.24. The molecule has 0 aromatic carbocycles. The van der Waals surface area contributed by atoms with E-state index in [1.807, 2.05) is 0 Å². The number of rotatable bonds is 4. The van der Waals surface area contributed by atoms with E-state index in [9.17, 15) is 0 Å². The van der Waals surface area contributed by atoms with Crippen LogP contribution >= 0.6 is 15.9 Å². The minimum atomic E-state index is 0.0165. The molecule has 0 unspecified atom stereocenters. The van der Waals surface area contributed by atoms with Crippen LogP contribution in [0.2, 0.25) is 0 Å². The third-order valence-electron chi connectivity index (χ3n) is 2.51. The van der Waals surface area contributed by atoms with Crippen molar-refractivity contribution in [3.05, 3.63) is 0 Å². The molecule has 1 rings (SSSR count). The molecule has 1 fully saturated rings. The molecule has 12 heavy (non-hydrogen) atoms. The molecule has 0 N–H and O–H groups in total. The van der Waals surface area contributed by atoms with Crippen molar-refractivity contribution in [3.63, 3.8) is 0 Å². The van der Waals surface area contributed by atoms with Crippen molar-refractivity contribution in [1.29, 1.82) is 0 Å². The Bertz CT molecular complexity index is 128. The molecule has 1 saturated carbocycles. The summed E-state index contributed by atoms with van der Waals surface area (Å²) >= 11 is 3.46. The molecular weight excluding hydrogens is 216 g/mol. The summed E-state index contributed by atoms with van der Waals surface area (Å²) in [4.78, 5) is 0. The van der Waals surface area contributed by atoms with Crippen molar-refractivity contribution in [2.45, 2.75) is 45.1 Å². The van der Waals surface area contributed by atoms with E-state index in [2.05, 4.69) is 29.8 Å². The van der Waals surface area contributed by atoms with Crippen molar-refractivity contribution in [2.75, 3.05) is 11.9 Å². The summed E-state index contributed by atoms with van der Waals surface area (Å²) < 4.78 is 5.82. The van der Waals surface area contributed by atoms with Gasteiger partial charge in [0.15, 0.2) is 0 Å². The molecule has 0 saturated heterocycles. The topological polar surface area (TPSA) is 9.23 Å². The average Bonchev–Trinajstić information content (AvgIpc) is 2.53. The van der Waals surface area contributed by atoms with E-state index >= 15 is 0 Å². The second-order valence-corrected chi connectivity index (χ2v) is 4.92. The predicted molar refractivity (Wildman–Crippen MR) is 55.8 cm³/mol. The Kier molecular flexibility index (Phi) is 4.04. The molecule has 0 aliphatic heterocycles. The van der Waals surface area contributed by atoms with Gasteiger partial charge in [0.2, 0.25) is 0 Å². The smallest absolute Gasteiger partial charge is 0.0723 e. The third kappa shape index (κ3) is 3.44. The third-order valence-corrected chi connectivity index (χ3v) is 3.86. The van der Waals surface area contributed by atoms with E-state index in [1.54, 1.807) is 0 Å². The van der Waals surface area contributed by atoms with Crippen LogP contribution in [0.1, 0.15) is 39.5 Å². The van der Waals surface area contributed by atoms with Gasteiger partial charge in [-0.3, -0.25) is 0 Å². The Labute approximate surface area is 84.0 Å². The van der Waals surface area contributed by atoms with Crippen molar-refractivity contribution < 1.29 is 4.74 Å². The van der Waals surface area contributed by atoms with Crippen LogP contribution in [0.5, 0.6) is 0 Å². The molecule has 72 valence electrons. The Balaban J connectivity index is 2.15. The first-order valence-corrected chi connectivity index (χ1v) is 5.96. The van der Waals surface area contributed by atoms with E-state index in [4.69, 9.17) is 4.74 Å². The van der Waals surface area contributed by atoms with E-state index in [-0.39, 0.29) is 5.60 Å². The lowest BCUT2D eigenvalue weighted by atomic mass is 10.1. The molecule has 2 heteroatoms. The van der Waals surface area contributed by atoms with Gasteiger partial charge in [-0.25, -0.2) is 0 Å². The molecule has 1 nitrogen and oxygen atoms in total. The van der Waals surface area contributed by atoms with Gasteiger partial charge in [-0.2, -0.15) is 0 Å². The summed E-state index contributed by atoms with van der Waals surface area (Å²) in [5, 5.41) is 0.923. The Hall–Kier alpha value is 0.440. The second kappa shape index (κ2) is 4.61. The highest BCUT2D eigenvalue weighted by molar-refractivity contribution is 9.09. The normalized spacial score (nSPS) is 20.2. The molecular formula is C10H19BrO. The van der Waals surface area contributed by atoms with Gasteiger partial charge in [0.05, 0.1) is 12.2 Å². The van der Waals surface area contributed by atoms with Gasteiger partial charge in [-0.1, -0.05) is 28.8 Å². The zero-order valence-electron chi connectivity index (χ0n) is 8.11. The van der Waals surface area contributed by atoms with Crippen LogP contribution in [-0.4, -0.2) is 17.5 Å². The molecule has 1 aliphatic carbocycles. The first kappa shape index (κ1) is 10.5. The highest BCUT2D eigenvalue weighted by atomic mass is 79.9. The summed E-state index contributed by atoms with van der Waals surface area (Å²) in [7, 11) is 0. The van der Waals surface area contributed by atoms with Crippen molar-refractivity contribution in [1.82, 2.24) is 0 Å². The van der Waals surface area contributed by atoms with Crippen LogP contribution < -0.4 is 0 Å². The lowest BCUT2D eigenvalue weighted by Crippen LogP contribution is -2.28. The molecule has 0 aromatic heterocycles. The number of halogens is 1. The highest BCUT2D eigenvalue weighted by Gasteiger charge is 2.21. The number of hydrogen-bond donors (Lipinski definition) is 0. The SMILES string of the molecule is CC(C)(CBr)OCC1CCCC1. The van der Waals surface area contributed by atoms with E-state index < -0.39 is 0 Å². The van der Waals surface area contributed by atoms with Gasteiger partial charge in [-0.15, -0.1) is 0 Å². The molecule has 0 aromatic rings. The quantitative estimate of drug-likeness (QED) is 0.679. The maximum Gasteiger partial charge on any atom is 0.0723 e. The fourth-order valence-corrected chi connectivity index (χ4v) is 1.72. The molecule has 0 bridgehead atoms. The van der Waals surface area contributed by atoms with Crippen LogP contribution in [-0.2, 0) is 4.74 Å². The van der Waals surface area contributed by atoms with Gasteiger partial charge in [0.25, 0.3) is 0 Å². The van der Waals surface area contributed by atoms with Gasteiger partial charge in [-0.05, 0) is 32.6 Å². The summed E-state index contributed by atoms with van der Waals surface area (Å²) in [6.45, 7) is 5.23. The fraction of sp³-hybridized carbons (Fsp3) is 1.00. The van der Waals surface area contributed by atoms with Crippen LogP contribution in [0.25, 0.3) is 0 Å². The largest absolute Gasteiger partial charge is 0.374 e. The first-order chi connectivity index (χ1) is 5.64. The fourth-order valence-electron chi connectivity index (χ4n) is 1.56. The van der Waals surface area contributed by atoms with E-state index in [0.717, 1.165) is 17.9 Å². The van der Waals surface area contributed by atoms with Crippen molar-refractivity contribution in [3.8, 4) is 0 Å². The molecule has 1 aliphatic rings. The van der Waals surface area contributed by atoms with Gasteiger partial charge < -0.3 is 4.74 Å². The molecule has 0 amide bonds. The summed E-state index contributed by atoms with van der Waals surface area (Å²) in [5.41, 5.74) is 0.0165. The zero-order chi connectivity index (χ0) is 9.03. The van der Waals surface area contributed by atoms with Crippen LogP contribution in [0.15, 0.2) is 0 Å². The maximum absolute atomic E-state index is 5.82. The maximum atomic E-state index is 5.82. The summed E-state index contributed by atoms with van der Waals surface area (Å²) in [5.74, 6) is 0.836. The van der Waals surface area contributed by atoms with E-state index in [1.165, 1.54) is 25.7 Å². The Morgan fingerprint density at radius 2 is 1.92 bits per heavy atom. The average molecular weight is 235 g/mol. The molecule has 0 atom stereocenters. The number of ether oxygens (including phenoxy) is 1. The standard InChI is InChI=1S/C10H19BrO/c1-10(2,8-11)12-7-9-5-3-4-6-9/h9H,3-8H2,1-2H3. The minimum absolute atomic E-state index is 0.0165. The van der Waals surface area contributed by atoms with Crippen LogP contribution in [0.3, 0.4) is 0 Å². The monoisotopic (exact) mass is 234 g/mol. The Morgan fingerprint density at radius 3 is 2.42 bits per heavy atom. The molecule has 0 spiro atoms. The first-order valence-electron chi connectivity index (χ1n) is 4.84. The number of alkyl halides is 1. The highest BCUT2D eigenvalue weighted by Crippen LogP contribution is 2.26. The molecule has 0 radical (unpaired) electrons. The lowest BCUT2D eigenvalue weighted by molar-refractivity contribution is -0.0168. The Morgan fingerprint density at radius 1 is 1.33 bits per heavy atom. The van der Waals surface area contributed by atoms with Gasteiger partial charge >= 0.3 is 0 Å². The second-order valence-electron chi connectivity index (χ2n) is 4.35. The number of hydrogen-bond acceptors (Lipinski definition) is 1.